The van der Waals surface area contributed by atoms with Crippen LogP contribution in [0.4, 0.5) is 0 Å². The van der Waals surface area contributed by atoms with Crippen LogP contribution in [0.2, 0.25) is 0 Å². The van der Waals surface area contributed by atoms with Crippen LogP contribution >= 0.6 is 0 Å². The van der Waals surface area contributed by atoms with Gasteiger partial charge in [0, 0.05) is 37.3 Å². The van der Waals surface area contributed by atoms with E-state index >= 15 is 0 Å². The Morgan fingerprint density at radius 2 is 1.79 bits per heavy atom. The molecule has 39 heavy (non-hydrogen) atoms. The van der Waals surface area contributed by atoms with Crippen molar-refractivity contribution in [3.8, 4) is 28.5 Å². The molecular weight excluding hydrogens is 496 g/mol. The average molecular weight is 535 g/mol. The number of methoxy groups -OCH3 is 2. The van der Waals surface area contributed by atoms with Crippen molar-refractivity contribution < 1.29 is 23.7 Å². The predicted molar refractivity (Wildman–Crippen MR) is 149 cm³/mol. The molecule has 208 valence electrons. The summed E-state index contributed by atoms with van der Waals surface area (Å²) >= 11 is 0. The van der Waals surface area contributed by atoms with Crippen molar-refractivity contribution in [2.24, 2.45) is 0 Å². The highest BCUT2D eigenvalue weighted by Crippen LogP contribution is 2.44. The zero-order chi connectivity index (χ0) is 27.2. The van der Waals surface area contributed by atoms with Gasteiger partial charge < -0.3 is 23.8 Å². The predicted octanol–water partition coefficient (Wildman–Crippen LogP) is 4.54. The third-order valence-corrected chi connectivity index (χ3v) is 7.46. The van der Waals surface area contributed by atoms with Crippen molar-refractivity contribution in [3.63, 3.8) is 0 Å². The molecule has 5 rings (SSSR count). The minimum atomic E-state index is -0.299. The minimum absolute atomic E-state index is 0.0357. The van der Waals surface area contributed by atoms with Gasteiger partial charge in [0.2, 0.25) is 0 Å². The van der Waals surface area contributed by atoms with Gasteiger partial charge in [-0.15, -0.1) is 0 Å². The molecular formula is C30H38N4O5. The zero-order valence-electron chi connectivity index (χ0n) is 23.1. The van der Waals surface area contributed by atoms with Gasteiger partial charge in [-0.2, -0.15) is 5.10 Å². The Morgan fingerprint density at radius 3 is 2.51 bits per heavy atom. The van der Waals surface area contributed by atoms with Gasteiger partial charge in [0.25, 0.3) is 5.91 Å². The van der Waals surface area contributed by atoms with Gasteiger partial charge >= 0.3 is 0 Å². The fourth-order valence-corrected chi connectivity index (χ4v) is 5.33. The second-order valence-electron chi connectivity index (χ2n) is 9.91. The lowest BCUT2D eigenvalue weighted by molar-refractivity contribution is 0.0354. The molecule has 1 N–H and O–H groups in total. The Kier molecular flexibility index (Phi) is 8.68. The molecule has 0 bridgehead atoms. The second-order valence-corrected chi connectivity index (χ2v) is 9.91. The summed E-state index contributed by atoms with van der Waals surface area (Å²) < 4.78 is 22.5. The number of hydrogen-bond acceptors (Lipinski definition) is 7. The van der Waals surface area contributed by atoms with E-state index in [-0.39, 0.29) is 11.9 Å². The van der Waals surface area contributed by atoms with Gasteiger partial charge in [0.05, 0.1) is 45.8 Å². The van der Waals surface area contributed by atoms with Crippen molar-refractivity contribution in [1.82, 2.24) is 20.0 Å². The molecule has 1 saturated heterocycles. The highest BCUT2D eigenvalue weighted by Gasteiger charge is 2.42. The molecule has 2 aliphatic rings. The maximum Gasteiger partial charge on any atom is 0.273 e. The summed E-state index contributed by atoms with van der Waals surface area (Å²) in [6, 6.07) is 13.5. The molecule has 0 spiro atoms. The monoisotopic (exact) mass is 534 g/mol. The Labute approximate surface area is 230 Å². The van der Waals surface area contributed by atoms with E-state index in [2.05, 4.69) is 22.0 Å². The maximum absolute atomic E-state index is 13.7. The number of rotatable bonds is 12. The Bertz CT molecular complexity index is 1250. The smallest absolute Gasteiger partial charge is 0.273 e. The fourth-order valence-electron chi connectivity index (χ4n) is 5.33. The van der Waals surface area contributed by atoms with Crippen LogP contribution in [-0.2, 0) is 4.74 Å². The summed E-state index contributed by atoms with van der Waals surface area (Å²) in [5.74, 6) is 2.10. The number of carbonyl (C=O) groups is 1. The lowest BCUT2D eigenvalue weighted by atomic mass is 9.95. The minimum Gasteiger partial charge on any atom is -0.497 e. The van der Waals surface area contributed by atoms with Gasteiger partial charge in [0.1, 0.15) is 11.4 Å². The van der Waals surface area contributed by atoms with E-state index in [1.165, 1.54) is 0 Å². The second kappa shape index (κ2) is 12.5. The zero-order valence-corrected chi connectivity index (χ0v) is 23.1. The highest BCUT2D eigenvalue weighted by atomic mass is 16.5. The van der Waals surface area contributed by atoms with Crippen LogP contribution in [0.5, 0.6) is 17.2 Å². The number of fused-ring (bicyclic) bond motifs is 1. The first kappa shape index (κ1) is 27.0. The van der Waals surface area contributed by atoms with Crippen molar-refractivity contribution >= 4 is 5.91 Å². The van der Waals surface area contributed by atoms with Gasteiger partial charge in [-0.05, 0) is 54.8 Å². The SMILES string of the molecule is CCCCOc1ccc(C2c3c(-c4ccc(OC)cc4)n[nH]c3C(=O)N2CCCN2CCOCC2)cc1OC. The number of ether oxygens (including phenoxy) is 4. The number of H-pyrrole nitrogens is 1. The standard InChI is InChI=1S/C30H38N4O5/c1-4-5-17-39-24-12-9-22(20-25(24)37-3)29-26-27(21-7-10-23(36-2)11-8-21)31-32-28(26)30(35)34(29)14-6-13-33-15-18-38-19-16-33/h7-12,20,29H,4-6,13-19H2,1-3H3,(H,31,32). The fraction of sp³-hybridized carbons (Fsp3) is 0.467. The molecule has 1 amide bonds. The van der Waals surface area contributed by atoms with Crippen LogP contribution in [0.25, 0.3) is 11.3 Å². The van der Waals surface area contributed by atoms with Crippen LogP contribution in [0.3, 0.4) is 0 Å². The Hall–Kier alpha value is -3.56. The van der Waals surface area contributed by atoms with Crippen LogP contribution in [0.15, 0.2) is 42.5 Å². The normalized spacial score (nSPS) is 17.4. The van der Waals surface area contributed by atoms with Crippen molar-refractivity contribution in [2.45, 2.75) is 32.2 Å². The largest absolute Gasteiger partial charge is 0.497 e. The molecule has 3 aromatic rings. The van der Waals surface area contributed by atoms with Crippen LogP contribution in [0.1, 0.15) is 53.8 Å². The molecule has 2 aliphatic heterocycles. The first-order chi connectivity index (χ1) is 19.1. The molecule has 0 saturated carbocycles. The number of benzene rings is 2. The van der Waals surface area contributed by atoms with Crippen LogP contribution < -0.4 is 14.2 Å². The Morgan fingerprint density at radius 1 is 1.00 bits per heavy atom. The van der Waals surface area contributed by atoms with Crippen LogP contribution in [0, 0.1) is 0 Å². The maximum atomic E-state index is 13.7. The van der Waals surface area contributed by atoms with E-state index in [0.717, 1.165) is 80.2 Å². The number of amides is 1. The summed E-state index contributed by atoms with van der Waals surface area (Å²) in [7, 11) is 3.30. The van der Waals surface area contributed by atoms with E-state index < -0.39 is 0 Å². The van der Waals surface area contributed by atoms with E-state index in [0.29, 0.717) is 30.3 Å². The molecule has 1 atom stereocenters. The summed E-state index contributed by atoms with van der Waals surface area (Å²) in [5.41, 5.74) is 4.08. The number of unbranched alkanes of at least 4 members (excludes halogenated alkanes) is 1. The first-order valence-corrected chi connectivity index (χ1v) is 13.8. The van der Waals surface area contributed by atoms with E-state index in [1.807, 2.05) is 47.4 Å². The number of carbonyl (C=O) groups excluding carboxylic acids is 1. The summed E-state index contributed by atoms with van der Waals surface area (Å²) in [5, 5.41) is 7.65. The summed E-state index contributed by atoms with van der Waals surface area (Å²) in [6.07, 6.45) is 2.90. The van der Waals surface area contributed by atoms with Gasteiger partial charge in [0.15, 0.2) is 11.5 Å². The third-order valence-electron chi connectivity index (χ3n) is 7.46. The van der Waals surface area contributed by atoms with Gasteiger partial charge in [-0.3, -0.25) is 14.8 Å². The quantitative estimate of drug-likeness (QED) is 0.341. The summed E-state index contributed by atoms with van der Waals surface area (Å²) in [4.78, 5) is 18.1. The summed E-state index contributed by atoms with van der Waals surface area (Å²) in [6.45, 7) is 7.70. The number of aromatic nitrogens is 2. The molecule has 1 aromatic heterocycles. The molecule has 3 heterocycles. The average Bonchev–Trinajstić information content (AvgIpc) is 3.52. The van der Waals surface area contributed by atoms with Crippen molar-refractivity contribution in [2.75, 3.05) is 60.2 Å². The van der Waals surface area contributed by atoms with Crippen LogP contribution in [-0.4, -0.2) is 86.1 Å². The number of nitrogens with zero attached hydrogens (tertiary/aromatic N) is 3. The number of nitrogens with one attached hydrogen (secondary N) is 1. The topological polar surface area (TPSA) is 89.2 Å². The highest BCUT2D eigenvalue weighted by molar-refractivity contribution is 6.00. The lowest BCUT2D eigenvalue weighted by Gasteiger charge is -2.30. The molecule has 1 fully saturated rings. The lowest BCUT2D eigenvalue weighted by Crippen LogP contribution is -2.38. The van der Waals surface area contributed by atoms with E-state index in [9.17, 15) is 4.79 Å². The van der Waals surface area contributed by atoms with Gasteiger partial charge in [-0.25, -0.2) is 0 Å². The molecule has 1 unspecified atom stereocenters. The Balaban J connectivity index is 1.48. The molecule has 9 heteroatoms. The van der Waals surface area contributed by atoms with E-state index in [4.69, 9.17) is 18.9 Å². The van der Waals surface area contributed by atoms with E-state index in [1.54, 1.807) is 14.2 Å². The van der Waals surface area contributed by atoms with Crippen molar-refractivity contribution in [1.29, 1.82) is 0 Å². The molecule has 2 aromatic carbocycles. The third kappa shape index (κ3) is 5.74. The number of hydrogen-bond donors (Lipinski definition) is 1. The molecule has 0 aliphatic carbocycles. The number of morpholine rings is 1. The van der Waals surface area contributed by atoms with Gasteiger partial charge in [-0.1, -0.05) is 19.4 Å². The van der Waals surface area contributed by atoms with Crippen molar-refractivity contribution in [3.05, 3.63) is 59.3 Å². The first-order valence-electron chi connectivity index (χ1n) is 13.8. The molecule has 9 nitrogen and oxygen atoms in total. The number of aromatic amines is 1. The molecule has 0 radical (unpaired) electrons.